The van der Waals surface area contributed by atoms with E-state index in [0.717, 1.165) is 12.8 Å². The van der Waals surface area contributed by atoms with Crippen LogP contribution in [0.15, 0.2) is 12.2 Å². The monoisotopic (exact) mass is 212 g/mol. The Morgan fingerprint density at radius 3 is 2.40 bits per heavy atom. The Labute approximate surface area is 93.7 Å². The zero-order valence-electron chi connectivity index (χ0n) is 10.1. The van der Waals surface area contributed by atoms with Gasteiger partial charge in [0.2, 0.25) is 0 Å². The van der Waals surface area contributed by atoms with E-state index in [0.29, 0.717) is 6.42 Å². The van der Waals surface area contributed by atoms with Crippen molar-refractivity contribution in [3.05, 3.63) is 12.2 Å². The van der Waals surface area contributed by atoms with Gasteiger partial charge in [0.1, 0.15) is 0 Å². The highest BCUT2D eigenvalue weighted by Gasteiger charge is 1.95. The Hall–Kier alpha value is -0.790. The molecule has 0 N–H and O–H groups in total. The Morgan fingerprint density at radius 2 is 1.73 bits per heavy atom. The number of carbonyl (C=O) groups is 1. The predicted octanol–water partition coefficient (Wildman–Crippen LogP) is 3.86. The second-order valence-electron chi connectivity index (χ2n) is 3.79. The number of allylic oxidation sites excluding steroid dienone is 2. The first kappa shape index (κ1) is 14.2. The van der Waals surface area contributed by atoms with Gasteiger partial charge in [-0.15, -0.1) is 0 Å². The van der Waals surface area contributed by atoms with Gasteiger partial charge < -0.3 is 4.74 Å². The first-order valence-corrected chi connectivity index (χ1v) is 6.03. The molecule has 0 aliphatic carbocycles. The van der Waals surface area contributed by atoms with Crippen molar-refractivity contribution in [3.63, 3.8) is 0 Å². The van der Waals surface area contributed by atoms with E-state index in [1.54, 1.807) is 0 Å². The number of hydrogen-bond donors (Lipinski definition) is 0. The lowest BCUT2D eigenvalue weighted by atomic mass is 10.1. The zero-order chi connectivity index (χ0) is 11.4. The van der Waals surface area contributed by atoms with Crippen LogP contribution < -0.4 is 0 Å². The molecule has 0 aromatic rings. The van der Waals surface area contributed by atoms with Crippen molar-refractivity contribution in [2.45, 2.75) is 58.3 Å². The van der Waals surface area contributed by atoms with Crippen molar-refractivity contribution >= 4 is 5.97 Å². The van der Waals surface area contributed by atoms with Crippen LogP contribution in [0.2, 0.25) is 0 Å². The van der Waals surface area contributed by atoms with E-state index in [-0.39, 0.29) is 5.97 Å². The minimum atomic E-state index is -0.123. The molecule has 0 unspecified atom stereocenters. The molecule has 0 radical (unpaired) electrons. The summed E-state index contributed by atoms with van der Waals surface area (Å²) in [6, 6.07) is 0. The summed E-state index contributed by atoms with van der Waals surface area (Å²) in [5.41, 5.74) is 0. The highest BCUT2D eigenvalue weighted by Crippen LogP contribution is 2.05. The molecule has 0 spiro atoms. The lowest BCUT2D eigenvalue weighted by Gasteiger charge is -1.96. The molecule has 0 aliphatic rings. The normalized spacial score (nSPS) is 10.8. The van der Waals surface area contributed by atoms with Crippen LogP contribution in [0.1, 0.15) is 58.3 Å². The summed E-state index contributed by atoms with van der Waals surface area (Å²) in [5, 5.41) is 0. The summed E-state index contributed by atoms with van der Waals surface area (Å²) in [7, 11) is 1.43. The van der Waals surface area contributed by atoms with E-state index in [2.05, 4.69) is 23.8 Å². The van der Waals surface area contributed by atoms with Crippen LogP contribution in [-0.4, -0.2) is 13.1 Å². The van der Waals surface area contributed by atoms with Gasteiger partial charge in [-0.3, -0.25) is 4.79 Å². The molecule has 2 nitrogen and oxygen atoms in total. The molecule has 0 atom stereocenters. The smallest absolute Gasteiger partial charge is 0.305 e. The van der Waals surface area contributed by atoms with E-state index in [1.165, 1.54) is 39.2 Å². The highest BCUT2D eigenvalue weighted by atomic mass is 16.5. The molecule has 2 heteroatoms. The third-order valence-corrected chi connectivity index (χ3v) is 2.38. The van der Waals surface area contributed by atoms with Crippen molar-refractivity contribution in [2.75, 3.05) is 7.11 Å². The van der Waals surface area contributed by atoms with Gasteiger partial charge in [0.25, 0.3) is 0 Å². The molecule has 15 heavy (non-hydrogen) atoms. The third kappa shape index (κ3) is 11.1. The van der Waals surface area contributed by atoms with Crippen molar-refractivity contribution in [1.82, 2.24) is 0 Å². The quantitative estimate of drug-likeness (QED) is 0.329. The number of ether oxygens (including phenoxy) is 1. The van der Waals surface area contributed by atoms with Crippen LogP contribution >= 0.6 is 0 Å². The van der Waals surface area contributed by atoms with Crippen molar-refractivity contribution < 1.29 is 9.53 Å². The van der Waals surface area contributed by atoms with Crippen LogP contribution in [0, 0.1) is 0 Å². The first-order valence-electron chi connectivity index (χ1n) is 6.03. The van der Waals surface area contributed by atoms with E-state index in [4.69, 9.17) is 0 Å². The van der Waals surface area contributed by atoms with Crippen LogP contribution in [0.3, 0.4) is 0 Å². The lowest BCUT2D eigenvalue weighted by molar-refractivity contribution is -0.140. The van der Waals surface area contributed by atoms with E-state index in [9.17, 15) is 4.79 Å². The van der Waals surface area contributed by atoms with Crippen molar-refractivity contribution in [1.29, 1.82) is 0 Å². The number of hydrogen-bond acceptors (Lipinski definition) is 2. The first-order chi connectivity index (χ1) is 7.31. The standard InChI is InChI=1S/C13H24O2/c1-3-4-5-6-7-8-9-10-11-12-13(14)15-2/h9-10H,3-8,11-12H2,1-2H3. The fourth-order valence-corrected chi connectivity index (χ4v) is 1.40. The molecule has 0 aromatic heterocycles. The Bertz CT molecular complexity index is 173. The highest BCUT2D eigenvalue weighted by molar-refractivity contribution is 5.69. The summed E-state index contributed by atoms with van der Waals surface area (Å²) in [6.07, 6.45) is 13.3. The van der Waals surface area contributed by atoms with Gasteiger partial charge >= 0.3 is 5.97 Å². The maximum Gasteiger partial charge on any atom is 0.305 e. The molecular weight excluding hydrogens is 188 g/mol. The molecule has 0 amide bonds. The minimum absolute atomic E-state index is 0.123. The molecule has 0 aromatic carbocycles. The molecule has 0 heterocycles. The van der Waals surface area contributed by atoms with Crippen LogP contribution in [-0.2, 0) is 9.53 Å². The minimum Gasteiger partial charge on any atom is -0.469 e. The summed E-state index contributed by atoms with van der Waals surface area (Å²) in [4.78, 5) is 10.8. The lowest BCUT2D eigenvalue weighted by Crippen LogP contribution is -1.97. The van der Waals surface area contributed by atoms with Crippen molar-refractivity contribution in [2.24, 2.45) is 0 Å². The topological polar surface area (TPSA) is 26.3 Å². The number of carbonyl (C=O) groups excluding carboxylic acids is 1. The Balaban J connectivity index is 3.14. The van der Waals surface area contributed by atoms with Gasteiger partial charge in [-0.2, -0.15) is 0 Å². The van der Waals surface area contributed by atoms with Crippen molar-refractivity contribution in [3.8, 4) is 0 Å². The number of esters is 1. The van der Waals surface area contributed by atoms with E-state index >= 15 is 0 Å². The SMILES string of the molecule is CCCCCCCC=CCCC(=O)OC. The number of methoxy groups -OCH3 is 1. The average molecular weight is 212 g/mol. The van der Waals surface area contributed by atoms with Gasteiger partial charge in [0.05, 0.1) is 7.11 Å². The number of rotatable bonds is 9. The van der Waals surface area contributed by atoms with E-state index < -0.39 is 0 Å². The molecule has 0 saturated heterocycles. The van der Waals surface area contributed by atoms with Crippen LogP contribution in [0.25, 0.3) is 0 Å². The Morgan fingerprint density at radius 1 is 1.07 bits per heavy atom. The maximum atomic E-state index is 10.8. The second-order valence-corrected chi connectivity index (χ2v) is 3.79. The summed E-state index contributed by atoms with van der Waals surface area (Å²) < 4.78 is 4.55. The third-order valence-electron chi connectivity index (χ3n) is 2.38. The summed E-state index contributed by atoms with van der Waals surface area (Å²) in [6.45, 7) is 2.23. The molecular formula is C13H24O2. The number of unbranched alkanes of at least 4 members (excludes halogenated alkanes) is 5. The van der Waals surface area contributed by atoms with E-state index in [1.807, 2.05) is 0 Å². The van der Waals surface area contributed by atoms with Gasteiger partial charge in [-0.25, -0.2) is 0 Å². The summed E-state index contributed by atoms with van der Waals surface area (Å²) in [5.74, 6) is -0.123. The summed E-state index contributed by atoms with van der Waals surface area (Å²) >= 11 is 0. The van der Waals surface area contributed by atoms with Gasteiger partial charge in [-0.05, 0) is 19.3 Å². The fraction of sp³-hybridized carbons (Fsp3) is 0.769. The molecule has 0 saturated carbocycles. The molecule has 0 fully saturated rings. The van der Waals surface area contributed by atoms with Crippen LogP contribution in [0.5, 0.6) is 0 Å². The maximum absolute atomic E-state index is 10.8. The average Bonchev–Trinajstić information content (AvgIpc) is 2.26. The predicted molar refractivity (Wildman–Crippen MR) is 63.8 cm³/mol. The van der Waals surface area contributed by atoms with Gasteiger partial charge in [0.15, 0.2) is 0 Å². The Kier molecular flexibility index (Phi) is 10.7. The fourth-order valence-electron chi connectivity index (χ4n) is 1.40. The van der Waals surface area contributed by atoms with Gasteiger partial charge in [-0.1, -0.05) is 44.8 Å². The zero-order valence-corrected chi connectivity index (χ0v) is 10.1. The molecule has 0 aliphatic heterocycles. The largest absolute Gasteiger partial charge is 0.469 e. The second kappa shape index (κ2) is 11.3. The molecule has 0 bridgehead atoms. The van der Waals surface area contributed by atoms with Crippen LogP contribution in [0.4, 0.5) is 0 Å². The van der Waals surface area contributed by atoms with Gasteiger partial charge in [0, 0.05) is 6.42 Å². The molecule has 88 valence electrons. The molecule has 0 rings (SSSR count).